The monoisotopic (exact) mass is 689 g/mol. The number of para-hydroxylation sites is 3. The molecule has 0 aromatic heterocycles. The molecule has 255 valence electrons. The summed E-state index contributed by atoms with van der Waals surface area (Å²) in [6, 6.07) is 68.2. The number of nitrogens with zero attached hydrogens (tertiary/aromatic N) is 1. The first-order chi connectivity index (χ1) is 26.5. The second-order valence-corrected chi connectivity index (χ2v) is 14.9. The van der Waals surface area contributed by atoms with Gasteiger partial charge in [-0.25, -0.2) is 0 Å². The predicted octanol–water partition coefficient (Wildman–Crippen LogP) is 12.2. The Hall–Kier alpha value is -6.58. The van der Waals surface area contributed by atoms with Gasteiger partial charge in [-0.1, -0.05) is 165 Å². The molecule has 54 heavy (non-hydrogen) atoms. The standard InChI is InChI=1S/C51H38BN2/c1-51(2)43-24-13-15-28-47(43)54-48-33-39(36-21-10-5-11-22-36)32-42(49(48)52-45-26-16-25-44(51)50(45)54)41-23-12-14-27-46(41)53-40-30-37(34-17-6-3-7-18-34)29-38(31-40)35-19-8-4-9-20-35/h3-33,53H,1-2H3. The van der Waals surface area contributed by atoms with E-state index in [1.54, 1.807) is 0 Å². The van der Waals surface area contributed by atoms with Gasteiger partial charge in [0.2, 0.25) is 0 Å². The van der Waals surface area contributed by atoms with Crippen molar-refractivity contribution in [1.29, 1.82) is 0 Å². The second kappa shape index (κ2) is 12.8. The van der Waals surface area contributed by atoms with Gasteiger partial charge in [0.15, 0.2) is 7.28 Å². The van der Waals surface area contributed by atoms with E-state index in [0.29, 0.717) is 0 Å². The van der Waals surface area contributed by atoms with Crippen LogP contribution in [-0.4, -0.2) is 7.28 Å². The van der Waals surface area contributed by atoms with Gasteiger partial charge in [-0.05, 0) is 98.0 Å². The lowest BCUT2D eigenvalue weighted by Gasteiger charge is -2.46. The van der Waals surface area contributed by atoms with E-state index in [9.17, 15) is 0 Å². The van der Waals surface area contributed by atoms with Gasteiger partial charge in [0.25, 0.3) is 0 Å². The number of hydrogen-bond donors (Lipinski definition) is 1. The molecule has 0 atom stereocenters. The average molecular weight is 690 g/mol. The minimum absolute atomic E-state index is 0.132. The summed E-state index contributed by atoms with van der Waals surface area (Å²) in [5.74, 6) is 0. The Labute approximate surface area is 318 Å². The zero-order valence-electron chi connectivity index (χ0n) is 30.4. The van der Waals surface area contributed by atoms with Crippen molar-refractivity contribution in [3.8, 4) is 44.5 Å². The second-order valence-electron chi connectivity index (χ2n) is 14.9. The molecule has 0 saturated carbocycles. The molecule has 0 saturated heterocycles. The van der Waals surface area contributed by atoms with Crippen molar-refractivity contribution in [1.82, 2.24) is 0 Å². The van der Waals surface area contributed by atoms with Crippen LogP contribution in [0.5, 0.6) is 0 Å². The summed E-state index contributed by atoms with van der Waals surface area (Å²) in [4.78, 5) is 2.53. The highest BCUT2D eigenvalue weighted by Crippen LogP contribution is 2.52. The number of rotatable bonds is 6. The Morgan fingerprint density at radius 1 is 0.444 bits per heavy atom. The van der Waals surface area contributed by atoms with Crippen LogP contribution in [0.15, 0.2) is 188 Å². The van der Waals surface area contributed by atoms with E-state index in [0.717, 1.165) is 16.9 Å². The molecule has 0 fully saturated rings. The van der Waals surface area contributed by atoms with Gasteiger partial charge in [0, 0.05) is 33.7 Å². The SMILES string of the molecule is CC1(C)c2ccccc2N2c3cc(-c4ccccc4)cc(-c4ccccc4Nc4cc(-c5ccccc5)cc(-c5ccccc5)c4)c3[B]c3cccc1c32. The summed E-state index contributed by atoms with van der Waals surface area (Å²) >= 11 is 0. The highest BCUT2D eigenvalue weighted by atomic mass is 15.2. The van der Waals surface area contributed by atoms with Crippen LogP contribution in [0.3, 0.4) is 0 Å². The third-order valence-electron chi connectivity index (χ3n) is 11.2. The minimum atomic E-state index is -0.132. The van der Waals surface area contributed by atoms with Gasteiger partial charge < -0.3 is 10.2 Å². The lowest BCUT2D eigenvalue weighted by Crippen LogP contribution is -2.45. The first-order valence-corrected chi connectivity index (χ1v) is 18.8. The topological polar surface area (TPSA) is 15.3 Å². The molecule has 3 heteroatoms. The van der Waals surface area contributed by atoms with Gasteiger partial charge in [-0.2, -0.15) is 0 Å². The predicted molar refractivity (Wildman–Crippen MR) is 230 cm³/mol. The molecule has 8 aromatic rings. The summed E-state index contributed by atoms with van der Waals surface area (Å²) in [6.45, 7) is 4.72. The highest BCUT2D eigenvalue weighted by Gasteiger charge is 2.41. The first-order valence-electron chi connectivity index (χ1n) is 18.8. The maximum atomic E-state index is 3.92. The molecule has 2 nitrogen and oxygen atoms in total. The summed E-state index contributed by atoms with van der Waals surface area (Å²) in [7, 11) is 2.42. The molecule has 2 heterocycles. The lowest BCUT2D eigenvalue weighted by molar-refractivity contribution is 0.632. The molecule has 10 rings (SSSR count). The molecule has 0 spiro atoms. The highest BCUT2D eigenvalue weighted by molar-refractivity contribution is 6.73. The maximum Gasteiger partial charge on any atom is 0.197 e. The van der Waals surface area contributed by atoms with Crippen LogP contribution in [0, 0.1) is 0 Å². The van der Waals surface area contributed by atoms with Crippen LogP contribution in [0.25, 0.3) is 44.5 Å². The van der Waals surface area contributed by atoms with E-state index in [1.807, 2.05) is 0 Å². The average Bonchev–Trinajstić information content (AvgIpc) is 3.23. The number of fused-ring (bicyclic) bond motifs is 4. The van der Waals surface area contributed by atoms with Crippen molar-refractivity contribution >= 4 is 46.6 Å². The number of hydrogen-bond acceptors (Lipinski definition) is 2. The quantitative estimate of drug-likeness (QED) is 0.175. The van der Waals surface area contributed by atoms with Gasteiger partial charge in [0.1, 0.15) is 0 Å². The Morgan fingerprint density at radius 2 is 1.00 bits per heavy atom. The first kappa shape index (κ1) is 32.1. The van der Waals surface area contributed by atoms with E-state index in [-0.39, 0.29) is 5.41 Å². The third kappa shape index (κ3) is 5.35. The van der Waals surface area contributed by atoms with Crippen LogP contribution in [0.2, 0.25) is 0 Å². The zero-order valence-corrected chi connectivity index (χ0v) is 30.4. The Morgan fingerprint density at radius 3 is 1.67 bits per heavy atom. The Kier molecular flexibility index (Phi) is 7.62. The fourth-order valence-corrected chi connectivity index (χ4v) is 8.57. The third-order valence-corrected chi connectivity index (χ3v) is 11.2. The van der Waals surface area contributed by atoms with Crippen molar-refractivity contribution in [2.24, 2.45) is 0 Å². The molecule has 0 amide bonds. The van der Waals surface area contributed by atoms with E-state index in [1.165, 1.54) is 78.1 Å². The summed E-state index contributed by atoms with van der Waals surface area (Å²) < 4.78 is 0. The van der Waals surface area contributed by atoms with Gasteiger partial charge >= 0.3 is 0 Å². The molecular formula is C51H38BN2. The van der Waals surface area contributed by atoms with Gasteiger partial charge in [-0.3, -0.25) is 0 Å². The van der Waals surface area contributed by atoms with Crippen LogP contribution in [-0.2, 0) is 5.41 Å². The normalized spacial score (nSPS) is 13.3. The molecule has 1 N–H and O–H groups in total. The molecule has 2 aliphatic heterocycles. The van der Waals surface area contributed by atoms with Crippen LogP contribution < -0.4 is 21.1 Å². The van der Waals surface area contributed by atoms with E-state index in [2.05, 4.69) is 219 Å². The Balaban J connectivity index is 1.18. The molecule has 0 unspecified atom stereocenters. The van der Waals surface area contributed by atoms with Crippen molar-refractivity contribution in [3.63, 3.8) is 0 Å². The molecule has 1 radical (unpaired) electrons. The molecule has 8 aromatic carbocycles. The largest absolute Gasteiger partial charge is 0.355 e. The van der Waals surface area contributed by atoms with Crippen LogP contribution in [0.1, 0.15) is 25.0 Å². The number of benzene rings is 8. The molecule has 2 aliphatic rings. The maximum absolute atomic E-state index is 3.92. The van der Waals surface area contributed by atoms with E-state index >= 15 is 0 Å². The summed E-state index contributed by atoms with van der Waals surface area (Å²) in [5, 5.41) is 3.92. The smallest absolute Gasteiger partial charge is 0.197 e. The number of anilines is 5. The molecular weight excluding hydrogens is 651 g/mol. The van der Waals surface area contributed by atoms with E-state index in [4.69, 9.17) is 0 Å². The minimum Gasteiger partial charge on any atom is -0.355 e. The Bertz CT molecular complexity index is 2620. The fraction of sp³-hybridized carbons (Fsp3) is 0.0588. The number of nitrogens with one attached hydrogen (secondary N) is 1. The van der Waals surface area contributed by atoms with Crippen LogP contribution >= 0.6 is 0 Å². The lowest BCUT2D eigenvalue weighted by atomic mass is 9.55. The van der Waals surface area contributed by atoms with Crippen LogP contribution in [0.4, 0.5) is 28.4 Å². The van der Waals surface area contributed by atoms with Crippen molar-refractivity contribution < 1.29 is 0 Å². The zero-order chi connectivity index (χ0) is 36.2. The van der Waals surface area contributed by atoms with Crippen molar-refractivity contribution in [3.05, 3.63) is 199 Å². The molecule has 0 bridgehead atoms. The van der Waals surface area contributed by atoms with Crippen molar-refractivity contribution in [2.45, 2.75) is 19.3 Å². The van der Waals surface area contributed by atoms with E-state index < -0.39 is 0 Å². The summed E-state index contributed by atoms with van der Waals surface area (Å²) in [5.41, 5.74) is 20.3. The summed E-state index contributed by atoms with van der Waals surface area (Å²) in [6.07, 6.45) is 0. The van der Waals surface area contributed by atoms with Crippen molar-refractivity contribution in [2.75, 3.05) is 10.2 Å². The van der Waals surface area contributed by atoms with Gasteiger partial charge in [-0.15, -0.1) is 0 Å². The fourth-order valence-electron chi connectivity index (χ4n) is 8.57. The van der Waals surface area contributed by atoms with Gasteiger partial charge in [0.05, 0.1) is 5.69 Å². The molecule has 0 aliphatic carbocycles.